The standard InChI is InChI=1S/C17H18FN3/c1-2-19-10-15-5-3-4-14-6-7-21(17(14)15)12-13-8-16(18)11-20-9-13/h3-9,11,19H,2,10,12H2,1H3. The van der Waals surface area contributed by atoms with Crippen LogP contribution in [-0.2, 0) is 13.1 Å². The molecule has 0 radical (unpaired) electrons. The number of fused-ring (bicyclic) bond motifs is 1. The lowest BCUT2D eigenvalue weighted by molar-refractivity contribution is 0.616. The van der Waals surface area contributed by atoms with Crippen molar-refractivity contribution in [3.8, 4) is 0 Å². The Hall–Kier alpha value is -2.20. The molecule has 1 N–H and O–H groups in total. The van der Waals surface area contributed by atoms with Crippen molar-refractivity contribution in [3.05, 3.63) is 65.9 Å². The summed E-state index contributed by atoms with van der Waals surface area (Å²) in [5, 5.41) is 4.56. The molecule has 0 fully saturated rings. The van der Waals surface area contributed by atoms with Crippen molar-refractivity contribution in [1.82, 2.24) is 14.9 Å². The van der Waals surface area contributed by atoms with Crippen LogP contribution in [0.5, 0.6) is 0 Å². The molecule has 0 atom stereocenters. The second-order valence-electron chi connectivity index (χ2n) is 5.09. The highest BCUT2D eigenvalue weighted by atomic mass is 19.1. The fourth-order valence-corrected chi connectivity index (χ4v) is 2.61. The highest BCUT2D eigenvalue weighted by Gasteiger charge is 2.07. The van der Waals surface area contributed by atoms with Gasteiger partial charge in [0.05, 0.1) is 11.7 Å². The average molecular weight is 283 g/mol. The third kappa shape index (κ3) is 2.95. The quantitative estimate of drug-likeness (QED) is 0.778. The van der Waals surface area contributed by atoms with E-state index in [1.54, 1.807) is 6.20 Å². The Balaban J connectivity index is 1.98. The van der Waals surface area contributed by atoms with E-state index >= 15 is 0 Å². The van der Waals surface area contributed by atoms with Gasteiger partial charge in [-0.2, -0.15) is 0 Å². The number of para-hydroxylation sites is 1. The Morgan fingerprint density at radius 3 is 2.95 bits per heavy atom. The normalized spacial score (nSPS) is 11.1. The number of hydrogen-bond acceptors (Lipinski definition) is 2. The van der Waals surface area contributed by atoms with Crippen LogP contribution in [0.1, 0.15) is 18.1 Å². The van der Waals surface area contributed by atoms with E-state index in [-0.39, 0.29) is 5.82 Å². The summed E-state index contributed by atoms with van der Waals surface area (Å²) >= 11 is 0. The zero-order chi connectivity index (χ0) is 14.7. The lowest BCUT2D eigenvalue weighted by atomic mass is 10.1. The molecule has 4 heteroatoms. The van der Waals surface area contributed by atoms with E-state index < -0.39 is 0 Å². The van der Waals surface area contributed by atoms with Gasteiger partial charge in [0.1, 0.15) is 5.82 Å². The van der Waals surface area contributed by atoms with Crippen LogP contribution in [0, 0.1) is 5.82 Å². The zero-order valence-electron chi connectivity index (χ0n) is 12.0. The monoisotopic (exact) mass is 283 g/mol. The first-order valence-corrected chi connectivity index (χ1v) is 7.15. The van der Waals surface area contributed by atoms with Gasteiger partial charge in [0.25, 0.3) is 0 Å². The van der Waals surface area contributed by atoms with Gasteiger partial charge in [-0.1, -0.05) is 25.1 Å². The molecule has 0 spiro atoms. The SMILES string of the molecule is CCNCc1cccc2ccn(Cc3cncc(F)c3)c12. The van der Waals surface area contributed by atoms with Gasteiger partial charge < -0.3 is 9.88 Å². The van der Waals surface area contributed by atoms with Gasteiger partial charge in [-0.05, 0) is 35.2 Å². The summed E-state index contributed by atoms with van der Waals surface area (Å²) < 4.78 is 15.4. The second kappa shape index (κ2) is 6.06. The van der Waals surface area contributed by atoms with Crippen LogP contribution in [0.15, 0.2) is 48.9 Å². The fourth-order valence-electron chi connectivity index (χ4n) is 2.61. The summed E-state index contributed by atoms with van der Waals surface area (Å²) in [6.45, 7) is 4.49. The van der Waals surface area contributed by atoms with Crippen molar-refractivity contribution in [3.63, 3.8) is 0 Å². The van der Waals surface area contributed by atoms with Crippen molar-refractivity contribution < 1.29 is 4.39 Å². The molecule has 21 heavy (non-hydrogen) atoms. The van der Waals surface area contributed by atoms with Crippen molar-refractivity contribution in [1.29, 1.82) is 0 Å². The minimum absolute atomic E-state index is 0.295. The summed E-state index contributed by atoms with van der Waals surface area (Å²) in [5.41, 5.74) is 3.32. The predicted molar refractivity (Wildman–Crippen MR) is 82.6 cm³/mol. The predicted octanol–water partition coefficient (Wildman–Crippen LogP) is 3.33. The molecular formula is C17H18FN3. The lowest BCUT2D eigenvalue weighted by Crippen LogP contribution is -2.13. The Kier molecular flexibility index (Phi) is 3.97. The van der Waals surface area contributed by atoms with Gasteiger partial charge in [0, 0.05) is 25.5 Å². The van der Waals surface area contributed by atoms with E-state index in [1.165, 1.54) is 28.7 Å². The molecule has 108 valence electrons. The van der Waals surface area contributed by atoms with Crippen molar-refractivity contribution in [2.24, 2.45) is 0 Å². The first-order chi connectivity index (χ1) is 10.3. The van der Waals surface area contributed by atoms with E-state index in [0.29, 0.717) is 6.54 Å². The van der Waals surface area contributed by atoms with Crippen LogP contribution < -0.4 is 5.32 Å². The van der Waals surface area contributed by atoms with Crippen molar-refractivity contribution in [2.75, 3.05) is 6.54 Å². The first kappa shape index (κ1) is 13.8. The molecule has 0 saturated carbocycles. The molecule has 2 aromatic heterocycles. The average Bonchev–Trinajstić information content (AvgIpc) is 2.89. The maximum absolute atomic E-state index is 13.3. The Labute approximate surface area is 123 Å². The number of rotatable bonds is 5. The summed E-state index contributed by atoms with van der Waals surface area (Å²) in [7, 11) is 0. The lowest BCUT2D eigenvalue weighted by Gasteiger charge is -2.10. The minimum Gasteiger partial charge on any atom is -0.343 e. The molecular weight excluding hydrogens is 265 g/mol. The van der Waals surface area contributed by atoms with Gasteiger partial charge in [0.2, 0.25) is 0 Å². The summed E-state index contributed by atoms with van der Waals surface area (Å²) in [6, 6.07) is 9.93. The van der Waals surface area contributed by atoms with Gasteiger partial charge in [0.15, 0.2) is 0 Å². The Morgan fingerprint density at radius 2 is 2.14 bits per heavy atom. The number of nitrogens with zero attached hydrogens (tertiary/aromatic N) is 2. The summed E-state index contributed by atoms with van der Waals surface area (Å²) in [6.07, 6.45) is 4.99. The van der Waals surface area contributed by atoms with E-state index in [9.17, 15) is 4.39 Å². The van der Waals surface area contributed by atoms with Crippen LogP contribution in [0.2, 0.25) is 0 Å². The zero-order valence-corrected chi connectivity index (χ0v) is 12.0. The summed E-state index contributed by atoms with van der Waals surface area (Å²) in [4.78, 5) is 3.92. The molecule has 2 heterocycles. The smallest absolute Gasteiger partial charge is 0.141 e. The van der Waals surface area contributed by atoms with E-state index in [4.69, 9.17) is 0 Å². The highest BCUT2D eigenvalue weighted by molar-refractivity contribution is 5.83. The molecule has 0 unspecified atom stereocenters. The number of halogens is 1. The van der Waals surface area contributed by atoms with Crippen molar-refractivity contribution in [2.45, 2.75) is 20.0 Å². The molecule has 1 aromatic carbocycles. The third-order valence-electron chi connectivity index (χ3n) is 3.55. The molecule has 0 aliphatic carbocycles. The molecule has 0 amide bonds. The largest absolute Gasteiger partial charge is 0.343 e. The summed E-state index contributed by atoms with van der Waals surface area (Å²) in [5.74, 6) is -0.295. The fraction of sp³-hybridized carbons (Fsp3) is 0.235. The van der Waals surface area contributed by atoms with Gasteiger partial charge >= 0.3 is 0 Å². The molecule has 0 bridgehead atoms. The topological polar surface area (TPSA) is 29.9 Å². The van der Waals surface area contributed by atoms with Gasteiger partial charge in [-0.25, -0.2) is 4.39 Å². The van der Waals surface area contributed by atoms with Gasteiger partial charge in [-0.15, -0.1) is 0 Å². The Morgan fingerprint density at radius 1 is 1.24 bits per heavy atom. The first-order valence-electron chi connectivity index (χ1n) is 7.15. The minimum atomic E-state index is -0.295. The number of nitrogens with one attached hydrogen (secondary N) is 1. The number of benzene rings is 1. The Bertz CT molecular complexity index is 749. The van der Waals surface area contributed by atoms with E-state index in [1.807, 2.05) is 6.20 Å². The number of pyridine rings is 1. The van der Waals surface area contributed by atoms with Crippen LogP contribution >= 0.6 is 0 Å². The number of aromatic nitrogens is 2. The van der Waals surface area contributed by atoms with Gasteiger partial charge in [-0.3, -0.25) is 4.98 Å². The van der Waals surface area contributed by atoms with Crippen LogP contribution in [-0.4, -0.2) is 16.1 Å². The van der Waals surface area contributed by atoms with E-state index in [2.05, 4.69) is 46.1 Å². The third-order valence-corrected chi connectivity index (χ3v) is 3.55. The molecule has 3 nitrogen and oxygen atoms in total. The second-order valence-corrected chi connectivity index (χ2v) is 5.09. The highest BCUT2D eigenvalue weighted by Crippen LogP contribution is 2.21. The van der Waals surface area contributed by atoms with Crippen LogP contribution in [0.25, 0.3) is 10.9 Å². The molecule has 0 saturated heterocycles. The number of hydrogen-bond donors (Lipinski definition) is 1. The van der Waals surface area contributed by atoms with Crippen LogP contribution in [0.4, 0.5) is 4.39 Å². The maximum atomic E-state index is 13.3. The van der Waals surface area contributed by atoms with E-state index in [0.717, 1.165) is 18.7 Å². The molecule has 3 rings (SSSR count). The molecule has 3 aromatic rings. The van der Waals surface area contributed by atoms with Crippen LogP contribution in [0.3, 0.4) is 0 Å². The maximum Gasteiger partial charge on any atom is 0.141 e. The molecule has 0 aliphatic rings. The van der Waals surface area contributed by atoms with Crippen molar-refractivity contribution >= 4 is 10.9 Å². The molecule has 0 aliphatic heterocycles.